The number of imide groups is 1. The van der Waals surface area contributed by atoms with Crippen LogP contribution in [0.25, 0.3) is 0 Å². The number of carbonyl (C=O) groups is 2. The van der Waals surface area contributed by atoms with Crippen LogP contribution in [0.15, 0.2) is 36.4 Å². The van der Waals surface area contributed by atoms with E-state index in [4.69, 9.17) is 5.21 Å². The van der Waals surface area contributed by atoms with Crippen LogP contribution in [0.4, 0.5) is 11.4 Å². The molecule has 4 unspecified atom stereocenters. The van der Waals surface area contributed by atoms with E-state index in [2.05, 4.69) is 0 Å². The molecule has 1 aromatic carbocycles. The van der Waals surface area contributed by atoms with Gasteiger partial charge in [0.05, 0.1) is 23.2 Å². The Hall–Kier alpha value is -2.18. The Morgan fingerprint density at radius 3 is 2.33 bits per heavy atom. The molecule has 21 heavy (non-hydrogen) atoms. The number of rotatable bonds is 2. The van der Waals surface area contributed by atoms with Crippen LogP contribution in [0.2, 0.25) is 0 Å². The molecule has 2 bridgehead atoms. The number of amides is 2. The van der Waals surface area contributed by atoms with Gasteiger partial charge in [-0.05, 0) is 36.5 Å². The molecule has 1 saturated heterocycles. The Kier molecular flexibility index (Phi) is 2.49. The van der Waals surface area contributed by atoms with Crippen LogP contribution in [0, 0.1) is 28.9 Å². The Morgan fingerprint density at radius 1 is 1.14 bits per heavy atom. The molecule has 1 N–H and O–H groups in total. The lowest BCUT2D eigenvalue weighted by atomic mass is 9.85. The number of allylic oxidation sites excluding steroid dienone is 2. The molecule has 108 valence electrons. The van der Waals surface area contributed by atoms with Crippen LogP contribution in [0.5, 0.6) is 0 Å². The third-order valence-electron chi connectivity index (χ3n) is 4.78. The SMILES string of the molecule is O=C1C2C3C=CC(C3)C2C(=O)N1c1cccc(N([O-])O)c1. The number of hydrogen-bond donors (Lipinski definition) is 1. The molecule has 3 aliphatic rings. The summed E-state index contributed by atoms with van der Waals surface area (Å²) in [6.07, 6.45) is 4.94. The topological polar surface area (TPSA) is 83.9 Å². The van der Waals surface area contributed by atoms with Gasteiger partial charge in [-0.3, -0.25) is 14.8 Å². The first-order valence-electron chi connectivity index (χ1n) is 6.90. The zero-order chi connectivity index (χ0) is 14.7. The smallest absolute Gasteiger partial charge is 0.238 e. The first kappa shape index (κ1) is 12.6. The van der Waals surface area contributed by atoms with E-state index in [1.807, 2.05) is 12.2 Å². The van der Waals surface area contributed by atoms with Gasteiger partial charge in [0, 0.05) is 0 Å². The van der Waals surface area contributed by atoms with E-state index in [1.54, 1.807) is 6.07 Å². The summed E-state index contributed by atoms with van der Waals surface area (Å²) in [5, 5.41) is 19.6. The molecular formula is C15H13N2O4-. The highest BCUT2D eigenvalue weighted by Crippen LogP contribution is 2.53. The summed E-state index contributed by atoms with van der Waals surface area (Å²) in [7, 11) is 0. The Bertz CT molecular complexity index is 639. The second-order valence-electron chi connectivity index (χ2n) is 5.80. The van der Waals surface area contributed by atoms with E-state index in [-0.39, 0.29) is 46.4 Å². The summed E-state index contributed by atoms with van der Waals surface area (Å²) < 4.78 is 0. The molecule has 1 heterocycles. The molecule has 0 radical (unpaired) electrons. The highest BCUT2D eigenvalue weighted by atomic mass is 16.8. The van der Waals surface area contributed by atoms with Crippen molar-refractivity contribution in [1.29, 1.82) is 0 Å². The standard InChI is InChI=1S/C15H13N2O4/c18-14-12-8-4-5-9(6-8)13(12)15(19)16(14)10-2-1-3-11(7-10)17(20)21/h1-5,7-9,12-13,20H,6H2/q-1. The Morgan fingerprint density at radius 2 is 1.76 bits per heavy atom. The molecule has 0 spiro atoms. The van der Waals surface area contributed by atoms with Gasteiger partial charge < -0.3 is 10.4 Å². The fourth-order valence-electron chi connectivity index (χ4n) is 3.91. The maximum atomic E-state index is 12.6. The monoisotopic (exact) mass is 285 g/mol. The van der Waals surface area contributed by atoms with Crippen LogP contribution < -0.4 is 10.1 Å². The molecule has 6 nitrogen and oxygen atoms in total. The molecule has 4 rings (SSSR count). The van der Waals surface area contributed by atoms with Crippen molar-refractivity contribution in [2.24, 2.45) is 23.7 Å². The highest BCUT2D eigenvalue weighted by molar-refractivity contribution is 6.22. The van der Waals surface area contributed by atoms with Crippen molar-refractivity contribution < 1.29 is 14.8 Å². The number of benzene rings is 1. The van der Waals surface area contributed by atoms with Gasteiger partial charge in [-0.2, -0.15) is 0 Å². The van der Waals surface area contributed by atoms with Crippen molar-refractivity contribution >= 4 is 23.2 Å². The summed E-state index contributed by atoms with van der Waals surface area (Å²) >= 11 is 0. The van der Waals surface area contributed by atoms with Crippen LogP contribution in [-0.4, -0.2) is 17.0 Å². The Labute approximate surface area is 120 Å². The van der Waals surface area contributed by atoms with Crippen LogP contribution >= 0.6 is 0 Å². The first-order chi connectivity index (χ1) is 10.1. The molecule has 6 heteroatoms. The minimum absolute atomic E-state index is 0.00810. The van der Waals surface area contributed by atoms with Crippen molar-refractivity contribution in [1.82, 2.24) is 0 Å². The second-order valence-corrected chi connectivity index (χ2v) is 5.80. The molecule has 1 aliphatic heterocycles. The minimum Gasteiger partial charge on any atom is -0.733 e. The highest BCUT2D eigenvalue weighted by Gasteiger charge is 2.59. The maximum absolute atomic E-state index is 12.6. The third kappa shape index (κ3) is 1.60. The predicted octanol–water partition coefficient (Wildman–Crippen LogP) is 1.69. The fourth-order valence-corrected chi connectivity index (χ4v) is 3.91. The Balaban J connectivity index is 1.73. The van der Waals surface area contributed by atoms with Crippen LogP contribution in [0.1, 0.15) is 6.42 Å². The summed E-state index contributed by atoms with van der Waals surface area (Å²) in [5.41, 5.74) is 0.331. The molecule has 4 atom stereocenters. The van der Waals surface area contributed by atoms with E-state index in [0.717, 1.165) is 11.3 Å². The number of carbonyl (C=O) groups excluding carboxylic acids is 2. The van der Waals surface area contributed by atoms with Crippen molar-refractivity contribution in [2.75, 3.05) is 10.1 Å². The van der Waals surface area contributed by atoms with Gasteiger partial charge in [-0.1, -0.05) is 18.2 Å². The van der Waals surface area contributed by atoms with Gasteiger partial charge in [0.15, 0.2) is 0 Å². The van der Waals surface area contributed by atoms with Gasteiger partial charge >= 0.3 is 0 Å². The summed E-state index contributed by atoms with van der Waals surface area (Å²) in [6.45, 7) is 0. The summed E-state index contributed by atoms with van der Waals surface area (Å²) in [4.78, 5) is 26.3. The number of fused-ring (bicyclic) bond motifs is 5. The first-order valence-corrected chi connectivity index (χ1v) is 6.90. The molecule has 1 aromatic rings. The van der Waals surface area contributed by atoms with Crippen molar-refractivity contribution in [3.63, 3.8) is 0 Å². The molecule has 0 aromatic heterocycles. The molecule has 2 aliphatic carbocycles. The van der Waals surface area contributed by atoms with Crippen LogP contribution in [0.3, 0.4) is 0 Å². The lowest BCUT2D eigenvalue weighted by Crippen LogP contribution is -2.32. The second kappa shape index (κ2) is 4.16. The maximum Gasteiger partial charge on any atom is 0.238 e. The minimum atomic E-state index is -0.277. The quantitative estimate of drug-likeness (QED) is 0.508. The van der Waals surface area contributed by atoms with Gasteiger partial charge in [-0.15, -0.1) is 0 Å². The van der Waals surface area contributed by atoms with E-state index in [0.29, 0.717) is 5.69 Å². The molecule has 2 fully saturated rings. The summed E-state index contributed by atoms with van der Waals surface area (Å²) in [6, 6.07) is 5.89. The van der Waals surface area contributed by atoms with Gasteiger partial charge in [0.2, 0.25) is 11.8 Å². The zero-order valence-corrected chi connectivity index (χ0v) is 11.0. The number of hydrogen-bond acceptors (Lipinski definition) is 5. The lowest BCUT2D eigenvalue weighted by Gasteiger charge is -2.24. The van der Waals surface area contributed by atoms with Crippen molar-refractivity contribution in [2.45, 2.75) is 6.42 Å². The molecule has 2 amide bonds. The van der Waals surface area contributed by atoms with Gasteiger partial charge in [0.1, 0.15) is 0 Å². The van der Waals surface area contributed by atoms with Gasteiger partial charge in [0.25, 0.3) is 0 Å². The average molecular weight is 285 g/mol. The van der Waals surface area contributed by atoms with E-state index < -0.39 is 0 Å². The zero-order valence-electron chi connectivity index (χ0n) is 11.0. The number of nitrogens with zero attached hydrogens (tertiary/aromatic N) is 2. The lowest BCUT2D eigenvalue weighted by molar-refractivity contribution is -0.123. The third-order valence-corrected chi connectivity index (χ3v) is 4.78. The van der Waals surface area contributed by atoms with Gasteiger partial charge in [-0.25, -0.2) is 4.90 Å². The van der Waals surface area contributed by atoms with Crippen LogP contribution in [-0.2, 0) is 9.59 Å². The van der Waals surface area contributed by atoms with E-state index in [9.17, 15) is 14.8 Å². The normalized spacial score (nSPS) is 33.0. The fraction of sp³-hybridized carbons (Fsp3) is 0.333. The molecular weight excluding hydrogens is 272 g/mol. The van der Waals surface area contributed by atoms with Crippen molar-refractivity contribution in [3.8, 4) is 0 Å². The van der Waals surface area contributed by atoms with E-state index in [1.165, 1.54) is 18.2 Å². The molecule has 1 saturated carbocycles. The average Bonchev–Trinajstić information content (AvgIpc) is 3.13. The van der Waals surface area contributed by atoms with E-state index >= 15 is 0 Å². The summed E-state index contributed by atoms with van der Waals surface area (Å²) in [5.74, 6) is -0.636. The largest absolute Gasteiger partial charge is 0.733 e. The van der Waals surface area contributed by atoms with Crippen molar-refractivity contribution in [3.05, 3.63) is 41.6 Å². The number of anilines is 2. The predicted molar refractivity (Wildman–Crippen MR) is 74.3 cm³/mol.